The average Bonchev–Trinajstić information content (AvgIpc) is 2.01. The zero-order valence-electron chi connectivity index (χ0n) is 6.95. The number of halogens is 3. The van der Waals surface area contributed by atoms with Crippen molar-refractivity contribution < 1.29 is 8.42 Å². The van der Waals surface area contributed by atoms with Gasteiger partial charge in [-0.15, -0.1) is 0 Å². The second-order valence-corrected chi connectivity index (χ2v) is 7.19. The van der Waals surface area contributed by atoms with Gasteiger partial charge in [-0.3, -0.25) is 0 Å². The molecule has 0 N–H and O–H groups in total. The smallest absolute Gasteiger partial charge is 0.204 e. The molecule has 0 heterocycles. The van der Waals surface area contributed by atoms with Gasteiger partial charge in [-0.1, -0.05) is 53.0 Å². The lowest BCUT2D eigenvalue weighted by Crippen LogP contribution is -2.19. The molecule has 1 rings (SSSR count). The van der Waals surface area contributed by atoms with E-state index in [0.29, 0.717) is 0 Å². The van der Waals surface area contributed by atoms with E-state index in [1.165, 1.54) is 12.1 Å². The van der Waals surface area contributed by atoms with Crippen molar-refractivity contribution in [2.75, 3.05) is 5.75 Å². The Labute approximate surface area is 97.7 Å². The lowest BCUT2D eigenvalue weighted by Gasteiger charge is -2.10. The lowest BCUT2D eigenvalue weighted by molar-refractivity contribution is 0.596. The van der Waals surface area contributed by atoms with E-state index >= 15 is 0 Å². The van der Waals surface area contributed by atoms with Crippen LogP contribution in [-0.2, 0) is 9.84 Å². The van der Waals surface area contributed by atoms with Crippen molar-refractivity contribution in [3.8, 4) is 0 Å². The summed E-state index contributed by atoms with van der Waals surface area (Å²) in [5.41, 5.74) is 0. The molecule has 1 aromatic rings. The van der Waals surface area contributed by atoms with Crippen LogP contribution >= 0.6 is 34.8 Å². The number of alkyl halides is 3. The summed E-state index contributed by atoms with van der Waals surface area (Å²) in [6, 6.07) is 7.88. The third-order valence-corrected chi connectivity index (χ3v) is 4.14. The fourth-order valence-corrected chi connectivity index (χ4v) is 3.39. The Morgan fingerprint density at radius 3 is 2.00 bits per heavy atom. The Balaban J connectivity index is 2.99. The minimum absolute atomic E-state index is 0.159. The van der Waals surface area contributed by atoms with Crippen LogP contribution in [0.4, 0.5) is 0 Å². The molecule has 0 unspecified atom stereocenters. The van der Waals surface area contributed by atoms with Crippen LogP contribution in [-0.4, -0.2) is 18.0 Å². The predicted octanol–water partition coefficient (Wildman–Crippen LogP) is 2.83. The molecule has 0 saturated heterocycles. The third kappa shape index (κ3) is 3.65. The predicted molar refractivity (Wildman–Crippen MR) is 58.8 cm³/mol. The van der Waals surface area contributed by atoms with Crippen LogP contribution in [0.2, 0.25) is 0 Å². The summed E-state index contributed by atoms with van der Waals surface area (Å²) in [6.45, 7) is 0. The van der Waals surface area contributed by atoms with Gasteiger partial charge in [0.05, 0.1) is 4.90 Å². The molecule has 6 heteroatoms. The van der Waals surface area contributed by atoms with E-state index in [-0.39, 0.29) is 4.90 Å². The van der Waals surface area contributed by atoms with Gasteiger partial charge in [0.2, 0.25) is 3.79 Å². The highest BCUT2D eigenvalue weighted by atomic mass is 35.6. The van der Waals surface area contributed by atoms with E-state index in [9.17, 15) is 8.42 Å². The van der Waals surface area contributed by atoms with Crippen LogP contribution in [0.15, 0.2) is 35.2 Å². The van der Waals surface area contributed by atoms with E-state index in [4.69, 9.17) is 34.8 Å². The Morgan fingerprint density at radius 2 is 1.57 bits per heavy atom. The van der Waals surface area contributed by atoms with E-state index in [1.54, 1.807) is 18.2 Å². The van der Waals surface area contributed by atoms with Gasteiger partial charge in [0.1, 0.15) is 5.75 Å². The number of rotatable bonds is 2. The molecule has 2 nitrogen and oxygen atoms in total. The van der Waals surface area contributed by atoms with Crippen LogP contribution in [0.3, 0.4) is 0 Å². The highest BCUT2D eigenvalue weighted by Gasteiger charge is 2.29. The first-order valence-electron chi connectivity index (χ1n) is 3.66. The summed E-state index contributed by atoms with van der Waals surface area (Å²) in [5, 5.41) is 0. The van der Waals surface area contributed by atoms with Crippen molar-refractivity contribution >= 4 is 44.6 Å². The molecular formula is C8H7Cl3O2S. The molecule has 0 fully saturated rings. The highest BCUT2D eigenvalue weighted by molar-refractivity contribution is 7.91. The molecule has 14 heavy (non-hydrogen) atoms. The van der Waals surface area contributed by atoms with Crippen LogP contribution < -0.4 is 0 Å². The van der Waals surface area contributed by atoms with Gasteiger partial charge in [-0.05, 0) is 12.1 Å². The Bertz CT molecular complexity index is 394. The maximum Gasteiger partial charge on any atom is 0.204 e. The van der Waals surface area contributed by atoms with E-state index in [0.717, 1.165) is 0 Å². The largest absolute Gasteiger partial charge is 0.224 e. The average molecular weight is 274 g/mol. The first-order chi connectivity index (χ1) is 6.31. The molecule has 0 aliphatic heterocycles. The Hall–Kier alpha value is 0.0400. The molecular weight excluding hydrogens is 267 g/mol. The van der Waals surface area contributed by atoms with Gasteiger partial charge in [-0.25, -0.2) is 8.42 Å². The quantitative estimate of drug-likeness (QED) is 0.777. The molecule has 0 aliphatic carbocycles. The molecule has 0 spiro atoms. The number of sulfone groups is 1. The van der Waals surface area contributed by atoms with E-state index < -0.39 is 19.4 Å². The maximum absolute atomic E-state index is 11.6. The second kappa shape index (κ2) is 4.27. The summed E-state index contributed by atoms with van der Waals surface area (Å²) in [6.07, 6.45) is 0. The van der Waals surface area contributed by atoms with Crippen LogP contribution in [0.1, 0.15) is 0 Å². The minimum atomic E-state index is -3.51. The fraction of sp³-hybridized carbons (Fsp3) is 0.250. The molecule has 0 radical (unpaired) electrons. The summed E-state index contributed by atoms with van der Waals surface area (Å²) in [7, 11) is -3.51. The summed E-state index contributed by atoms with van der Waals surface area (Å²) >= 11 is 16.3. The molecule has 78 valence electrons. The first-order valence-corrected chi connectivity index (χ1v) is 6.44. The van der Waals surface area contributed by atoms with Gasteiger partial charge >= 0.3 is 0 Å². The second-order valence-electron chi connectivity index (χ2n) is 2.69. The van der Waals surface area contributed by atoms with Crippen LogP contribution in [0.5, 0.6) is 0 Å². The summed E-state index contributed by atoms with van der Waals surface area (Å²) in [5.74, 6) is -0.519. The SMILES string of the molecule is O=S(=O)(CC(Cl)(Cl)Cl)c1ccccc1. The number of hydrogen-bond acceptors (Lipinski definition) is 2. The van der Waals surface area contributed by atoms with Crippen LogP contribution in [0.25, 0.3) is 0 Å². The lowest BCUT2D eigenvalue weighted by atomic mass is 10.4. The summed E-state index contributed by atoms with van der Waals surface area (Å²) < 4.78 is 21.4. The Kier molecular flexibility index (Phi) is 3.69. The van der Waals surface area contributed by atoms with Crippen LogP contribution in [0, 0.1) is 0 Å². The molecule has 0 amide bonds. The number of benzene rings is 1. The third-order valence-electron chi connectivity index (χ3n) is 1.46. The molecule has 0 atom stereocenters. The number of hydrogen-bond donors (Lipinski definition) is 0. The Morgan fingerprint density at radius 1 is 1.07 bits per heavy atom. The van der Waals surface area contributed by atoms with Crippen molar-refractivity contribution in [1.29, 1.82) is 0 Å². The highest BCUT2D eigenvalue weighted by Crippen LogP contribution is 2.29. The zero-order valence-corrected chi connectivity index (χ0v) is 10.0. The van der Waals surface area contributed by atoms with Crippen molar-refractivity contribution in [2.24, 2.45) is 0 Å². The fourth-order valence-electron chi connectivity index (χ4n) is 0.927. The zero-order chi connectivity index (χ0) is 10.8. The molecule has 1 aromatic carbocycles. The van der Waals surface area contributed by atoms with Gasteiger partial charge in [-0.2, -0.15) is 0 Å². The van der Waals surface area contributed by atoms with Crippen molar-refractivity contribution in [3.63, 3.8) is 0 Å². The molecule has 0 bridgehead atoms. The molecule has 0 saturated carbocycles. The maximum atomic E-state index is 11.6. The normalized spacial score (nSPS) is 12.8. The minimum Gasteiger partial charge on any atom is -0.224 e. The standard InChI is InChI=1S/C8H7Cl3O2S/c9-8(10,11)6-14(12,13)7-4-2-1-3-5-7/h1-5H,6H2. The molecule has 0 aliphatic rings. The topological polar surface area (TPSA) is 34.1 Å². The van der Waals surface area contributed by atoms with E-state index in [2.05, 4.69) is 0 Å². The van der Waals surface area contributed by atoms with Gasteiger partial charge in [0.15, 0.2) is 9.84 Å². The summed E-state index contributed by atoms with van der Waals surface area (Å²) in [4.78, 5) is 0.159. The van der Waals surface area contributed by atoms with Gasteiger partial charge in [0, 0.05) is 0 Å². The van der Waals surface area contributed by atoms with E-state index in [1.807, 2.05) is 0 Å². The van der Waals surface area contributed by atoms with Gasteiger partial charge < -0.3 is 0 Å². The molecule has 0 aromatic heterocycles. The monoisotopic (exact) mass is 272 g/mol. The van der Waals surface area contributed by atoms with Crippen molar-refractivity contribution in [1.82, 2.24) is 0 Å². The van der Waals surface area contributed by atoms with Crippen molar-refractivity contribution in [2.45, 2.75) is 8.69 Å². The first kappa shape index (κ1) is 12.1. The van der Waals surface area contributed by atoms with Gasteiger partial charge in [0.25, 0.3) is 0 Å². The van der Waals surface area contributed by atoms with Crippen molar-refractivity contribution in [3.05, 3.63) is 30.3 Å².